The molecule has 15 heavy (non-hydrogen) atoms. The van der Waals surface area contributed by atoms with Crippen molar-refractivity contribution in [2.45, 2.75) is 26.0 Å². The summed E-state index contributed by atoms with van der Waals surface area (Å²) in [7, 11) is 4.01. The van der Waals surface area contributed by atoms with Gasteiger partial charge in [0.15, 0.2) is 0 Å². The lowest BCUT2D eigenvalue weighted by Crippen LogP contribution is -2.13. The maximum Gasteiger partial charge on any atom is 0.0552 e. The number of aliphatic hydroxyl groups excluding tert-OH is 1. The first-order chi connectivity index (χ1) is 7.04. The second kappa shape index (κ2) is 5.14. The van der Waals surface area contributed by atoms with Gasteiger partial charge in [-0.15, -0.1) is 0 Å². The highest BCUT2D eigenvalue weighted by Gasteiger charge is 2.06. The van der Waals surface area contributed by atoms with Gasteiger partial charge < -0.3 is 15.7 Å². The van der Waals surface area contributed by atoms with Crippen molar-refractivity contribution >= 4 is 5.69 Å². The molecule has 0 aliphatic rings. The number of rotatable bonds is 4. The molecule has 3 N–H and O–H groups in total. The molecule has 1 aromatic carbocycles. The molecule has 0 spiro atoms. The van der Waals surface area contributed by atoms with Gasteiger partial charge in [-0.3, -0.25) is 0 Å². The third-order valence-electron chi connectivity index (χ3n) is 2.44. The summed E-state index contributed by atoms with van der Waals surface area (Å²) in [6.07, 6.45) is 0.335. The number of hydrogen-bond acceptors (Lipinski definition) is 3. The summed E-state index contributed by atoms with van der Waals surface area (Å²) >= 11 is 0. The van der Waals surface area contributed by atoms with Crippen LogP contribution in [0.3, 0.4) is 0 Å². The Morgan fingerprint density at radius 3 is 2.47 bits per heavy atom. The van der Waals surface area contributed by atoms with Crippen LogP contribution in [0.15, 0.2) is 18.2 Å². The summed E-state index contributed by atoms with van der Waals surface area (Å²) in [4.78, 5) is 2.05. The zero-order valence-corrected chi connectivity index (χ0v) is 9.70. The Kier molecular flexibility index (Phi) is 4.12. The first-order valence-electron chi connectivity index (χ1n) is 5.22. The largest absolute Gasteiger partial charge is 0.393 e. The van der Waals surface area contributed by atoms with E-state index in [1.54, 1.807) is 6.92 Å². The van der Waals surface area contributed by atoms with Gasteiger partial charge >= 0.3 is 0 Å². The van der Waals surface area contributed by atoms with E-state index in [2.05, 4.69) is 6.07 Å². The lowest BCUT2D eigenvalue weighted by atomic mass is 10.0. The van der Waals surface area contributed by atoms with Crippen LogP contribution in [0.5, 0.6) is 0 Å². The maximum absolute atomic E-state index is 9.40. The maximum atomic E-state index is 9.40. The molecule has 0 heterocycles. The first kappa shape index (κ1) is 12.0. The Hall–Kier alpha value is -1.06. The molecule has 0 radical (unpaired) electrons. The molecule has 1 unspecified atom stereocenters. The van der Waals surface area contributed by atoms with Gasteiger partial charge in [0.25, 0.3) is 0 Å². The number of hydrogen-bond donors (Lipinski definition) is 2. The minimum absolute atomic E-state index is 0.326. The van der Waals surface area contributed by atoms with Crippen LogP contribution < -0.4 is 10.6 Å². The number of benzene rings is 1. The molecule has 0 fully saturated rings. The van der Waals surface area contributed by atoms with Crippen molar-refractivity contribution in [2.75, 3.05) is 19.0 Å². The number of anilines is 1. The smallest absolute Gasteiger partial charge is 0.0552 e. The van der Waals surface area contributed by atoms with E-state index in [0.717, 1.165) is 16.8 Å². The molecule has 0 aliphatic carbocycles. The molecule has 3 nitrogen and oxygen atoms in total. The molecular formula is C12H20N2O. The average Bonchev–Trinajstić information content (AvgIpc) is 2.16. The van der Waals surface area contributed by atoms with Crippen LogP contribution in [0, 0.1) is 0 Å². The quantitative estimate of drug-likeness (QED) is 0.780. The van der Waals surface area contributed by atoms with Gasteiger partial charge in [0.2, 0.25) is 0 Å². The van der Waals surface area contributed by atoms with Crippen LogP contribution in [0.4, 0.5) is 5.69 Å². The highest BCUT2D eigenvalue weighted by atomic mass is 16.3. The molecule has 84 valence electrons. The van der Waals surface area contributed by atoms with Crippen LogP contribution >= 0.6 is 0 Å². The molecule has 0 aromatic heterocycles. The SMILES string of the molecule is CC(O)Cc1cc(N(C)C)ccc1CN. The minimum Gasteiger partial charge on any atom is -0.393 e. The molecule has 1 aromatic rings. The molecule has 0 saturated carbocycles. The third-order valence-corrected chi connectivity index (χ3v) is 2.44. The fourth-order valence-corrected chi connectivity index (χ4v) is 1.60. The normalized spacial score (nSPS) is 12.6. The van der Waals surface area contributed by atoms with E-state index in [0.29, 0.717) is 13.0 Å². The van der Waals surface area contributed by atoms with E-state index in [1.165, 1.54) is 0 Å². The molecule has 0 saturated heterocycles. The second-order valence-corrected chi connectivity index (χ2v) is 4.10. The predicted octanol–water partition coefficient (Wildman–Crippen LogP) is 1.13. The van der Waals surface area contributed by atoms with E-state index < -0.39 is 0 Å². The zero-order valence-electron chi connectivity index (χ0n) is 9.70. The van der Waals surface area contributed by atoms with E-state index in [9.17, 15) is 5.11 Å². The monoisotopic (exact) mass is 208 g/mol. The van der Waals surface area contributed by atoms with Crippen molar-refractivity contribution in [1.29, 1.82) is 0 Å². The van der Waals surface area contributed by atoms with Gasteiger partial charge in [-0.05, 0) is 36.6 Å². The molecular weight excluding hydrogens is 188 g/mol. The number of nitrogens with two attached hydrogens (primary N) is 1. The highest BCUT2D eigenvalue weighted by molar-refractivity contribution is 5.50. The van der Waals surface area contributed by atoms with Crippen LogP contribution in [0.25, 0.3) is 0 Å². The standard InChI is InChI=1S/C12H20N2O/c1-9(15)6-11-7-12(14(2)3)5-4-10(11)8-13/h4-5,7,9,15H,6,8,13H2,1-3H3. The van der Waals surface area contributed by atoms with Crippen LogP contribution in [-0.4, -0.2) is 25.3 Å². The summed E-state index contributed by atoms with van der Waals surface area (Å²) in [6, 6.07) is 6.18. The molecule has 1 atom stereocenters. The molecule has 0 bridgehead atoms. The highest BCUT2D eigenvalue weighted by Crippen LogP contribution is 2.19. The van der Waals surface area contributed by atoms with E-state index in [4.69, 9.17) is 5.73 Å². The van der Waals surface area contributed by atoms with Crippen molar-refractivity contribution in [3.8, 4) is 0 Å². The fourth-order valence-electron chi connectivity index (χ4n) is 1.60. The molecule has 1 rings (SSSR count). The van der Waals surface area contributed by atoms with Gasteiger partial charge in [0, 0.05) is 26.3 Å². The Morgan fingerprint density at radius 2 is 2.00 bits per heavy atom. The summed E-state index contributed by atoms with van der Waals surface area (Å²) < 4.78 is 0. The Balaban J connectivity index is 3.02. The van der Waals surface area contributed by atoms with Gasteiger partial charge in [-0.1, -0.05) is 6.07 Å². The topological polar surface area (TPSA) is 49.5 Å². The Labute approximate surface area is 91.5 Å². The van der Waals surface area contributed by atoms with Crippen molar-refractivity contribution in [3.63, 3.8) is 0 Å². The van der Waals surface area contributed by atoms with Gasteiger partial charge in [-0.2, -0.15) is 0 Å². The van der Waals surface area contributed by atoms with Gasteiger partial charge in [0.05, 0.1) is 6.10 Å². The second-order valence-electron chi connectivity index (χ2n) is 4.10. The van der Waals surface area contributed by atoms with Crippen LogP contribution in [-0.2, 0) is 13.0 Å². The Morgan fingerprint density at radius 1 is 1.33 bits per heavy atom. The first-order valence-corrected chi connectivity index (χ1v) is 5.22. The van der Waals surface area contributed by atoms with Crippen molar-refractivity contribution in [2.24, 2.45) is 5.73 Å². The lowest BCUT2D eigenvalue weighted by molar-refractivity contribution is 0.195. The third kappa shape index (κ3) is 3.22. The number of nitrogens with zero attached hydrogens (tertiary/aromatic N) is 1. The zero-order chi connectivity index (χ0) is 11.4. The van der Waals surface area contributed by atoms with Crippen molar-refractivity contribution in [1.82, 2.24) is 0 Å². The van der Waals surface area contributed by atoms with E-state index >= 15 is 0 Å². The molecule has 3 heteroatoms. The van der Waals surface area contributed by atoms with Gasteiger partial charge in [0.1, 0.15) is 0 Å². The van der Waals surface area contributed by atoms with E-state index in [-0.39, 0.29) is 6.10 Å². The van der Waals surface area contributed by atoms with E-state index in [1.807, 2.05) is 31.1 Å². The Bertz CT molecular complexity index is 321. The molecule has 0 aliphatic heterocycles. The summed E-state index contributed by atoms with van der Waals surface area (Å²) in [5.41, 5.74) is 9.05. The summed E-state index contributed by atoms with van der Waals surface area (Å²) in [5.74, 6) is 0. The lowest BCUT2D eigenvalue weighted by Gasteiger charge is -2.17. The van der Waals surface area contributed by atoms with Crippen molar-refractivity contribution in [3.05, 3.63) is 29.3 Å². The predicted molar refractivity (Wildman–Crippen MR) is 64.0 cm³/mol. The summed E-state index contributed by atoms with van der Waals surface area (Å²) in [5, 5.41) is 9.40. The van der Waals surface area contributed by atoms with Crippen LogP contribution in [0.2, 0.25) is 0 Å². The summed E-state index contributed by atoms with van der Waals surface area (Å²) in [6.45, 7) is 2.32. The minimum atomic E-state index is -0.326. The fraction of sp³-hybridized carbons (Fsp3) is 0.500. The average molecular weight is 208 g/mol. The van der Waals surface area contributed by atoms with Crippen molar-refractivity contribution < 1.29 is 5.11 Å². The van der Waals surface area contributed by atoms with Crippen LogP contribution in [0.1, 0.15) is 18.1 Å². The molecule has 0 amide bonds. The number of aliphatic hydroxyl groups is 1. The van der Waals surface area contributed by atoms with Gasteiger partial charge in [-0.25, -0.2) is 0 Å².